The minimum absolute atomic E-state index is 0.0249. The molecule has 3 amide bonds. The zero-order chi connectivity index (χ0) is 31.0. The maximum atomic E-state index is 13.8. The van der Waals surface area contributed by atoms with E-state index in [0.717, 1.165) is 23.1 Å². The van der Waals surface area contributed by atoms with E-state index in [0.29, 0.717) is 32.3 Å². The number of halogens is 2. The summed E-state index contributed by atoms with van der Waals surface area (Å²) in [4.78, 5) is 58.4. The molecule has 4 aromatic rings. The summed E-state index contributed by atoms with van der Waals surface area (Å²) in [5.41, 5.74) is 1.22. The molecule has 0 bridgehead atoms. The average molecular weight is 633 g/mol. The van der Waals surface area contributed by atoms with Gasteiger partial charge < -0.3 is 10.1 Å². The van der Waals surface area contributed by atoms with Crippen LogP contribution in [-0.4, -0.2) is 45.2 Å². The zero-order valence-corrected chi connectivity index (χ0v) is 25.0. The first-order valence-electron chi connectivity index (χ1n) is 13.9. The van der Waals surface area contributed by atoms with Crippen molar-refractivity contribution in [3.63, 3.8) is 0 Å². The molecule has 0 radical (unpaired) electrons. The number of rotatable bonds is 10. The number of amides is 3. The van der Waals surface area contributed by atoms with Crippen molar-refractivity contribution in [2.24, 2.45) is 7.05 Å². The van der Waals surface area contributed by atoms with Crippen LogP contribution in [0.5, 0.6) is 11.5 Å². The lowest BCUT2D eigenvalue weighted by Crippen LogP contribution is -2.45. The first-order valence-corrected chi connectivity index (χ1v) is 14.6. The lowest BCUT2D eigenvalue weighted by molar-refractivity contribution is -0.0968. The molecule has 3 aromatic carbocycles. The Hall–Kier alpha value is -4.51. The van der Waals surface area contributed by atoms with Crippen molar-refractivity contribution in [2.45, 2.75) is 31.2 Å². The van der Waals surface area contributed by atoms with Crippen molar-refractivity contribution in [2.75, 3.05) is 6.61 Å². The molecule has 6 rings (SSSR count). The summed E-state index contributed by atoms with van der Waals surface area (Å²) < 4.78 is 7.05. The monoisotopic (exact) mass is 632 g/mol. The van der Waals surface area contributed by atoms with Crippen LogP contribution in [-0.2, 0) is 18.3 Å². The van der Waals surface area contributed by atoms with Crippen LogP contribution in [0.15, 0.2) is 77.7 Å². The molecule has 2 aliphatic rings. The number of fused-ring (bicyclic) bond motifs is 1. The molecule has 0 spiro atoms. The number of carbonyl (C=O) groups excluding carboxylic acids is 3. The number of aryl methyl sites for hydroxylation is 1. The number of hydrogen-bond donors (Lipinski definition) is 1. The number of ether oxygens (including phenoxy) is 1. The van der Waals surface area contributed by atoms with Crippen molar-refractivity contribution < 1.29 is 24.0 Å². The second kappa shape index (κ2) is 12.2. The molecule has 44 heavy (non-hydrogen) atoms. The van der Waals surface area contributed by atoms with Crippen LogP contribution < -0.4 is 15.6 Å². The molecular weight excluding hydrogens is 607 g/mol. The van der Waals surface area contributed by atoms with Crippen molar-refractivity contribution in [3.8, 4) is 11.5 Å². The Morgan fingerprint density at radius 2 is 1.73 bits per heavy atom. The summed E-state index contributed by atoms with van der Waals surface area (Å²) >= 11 is 12.5. The van der Waals surface area contributed by atoms with Crippen LogP contribution >= 0.6 is 23.2 Å². The first kappa shape index (κ1) is 29.6. The Labute approximate surface area is 262 Å². The molecule has 1 fully saturated rings. The summed E-state index contributed by atoms with van der Waals surface area (Å²) in [5, 5.41) is 8.29. The van der Waals surface area contributed by atoms with Gasteiger partial charge in [0.25, 0.3) is 23.3 Å². The number of hydrogen-bond acceptors (Lipinski definition) is 7. The minimum atomic E-state index is -0.852. The number of nitrogens with one attached hydrogen (secondary N) is 1. The fourth-order valence-corrected chi connectivity index (χ4v) is 5.48. The van der Waals surface area contributed by atoms with Gasteiger partial charge in [-0.25, -0.2) is 4.68 Å². The van der Waals surface area contributed by atoms with Gasteiger partial charge in [0.2, 0.25) is 0 Å². The van der Waals surface area contributed by atoms with Crippen LogP contribution in [0.3, 0.4) is 0 Å². The molecule has 1 aromatic heterocycles. The van der Waals surface area contributed by atoms with Gasteiger partial charge in [-0.05, 0) is 72.7 Å². The lowest BCUT2D eigenvalue weighted by Gasteiger charge is -2.22. The van der Waals surface area contributed by atoms with Crippen LogP contribution in [0.2, 0.25) is 10.0 Å². The van der Waals surface area contributed by atoms with Gasteiger partial charge in [-0.15, -0.1) is 5.06 Å². The van der Waals surface area contributed by atoms with E-state index in [1.807, 2.05) is 18.2 Å². The van der Waals surface area contributed by atoms with Gasteiger partial charge in [0.05, 0.1) is 30.0 Å². The number of aromatic nitrogens is 2. The molecule has 1 unspecified atom stereocenters. The molecule has 224 valence electrons. The van der Waals surface area contributed by atoms with E-state index in [9.17, 15) is 19.2 Å². The highest BCUT2D eigenvalue weighted by atomic mass is 35.5. The van der Waals surface area contributed by atoms with Gasteiger partial charge in [-0.2, -0.15) is 5.10 Å². The highest BCUT2D eigenvalue weighted by Gasteiger charge is 2.37. The molecule has 1 N–H and O–H groups in total. The van der Waals surface area contributed by atoms with Gasteiger partial charge in [-0.1, -0.05) is 53.5 Å². The SMILES string of the molecule is Cn1ncc(Oc2cccc(C3CC3)c2)c(C(=O)NC(CON2C(=O)c3ccccc3C2=O)Cc2ccc(Cl)cc2Cl)c1=O. The molecule has 1 aliphatic carbocycles. The Kier molecular flexibility index (Phi) is 8.22. The number of nitrogens with zero attached hydrogens (tertiary/aromatic N) is 3. The predicted molar refractivity (Wildman–Crippen MR) is 162 cm³/mol. The zero-order valence-electron chi connectivity index (χ0n) is 23.5. The van der Waals surface area contributed by atoms with E-state index in [4.69, 9.17) is 32.8 Å². The third-order valence-corrected chi connectivity index (χ3v) is 8.03. The average Bonchev–Trinajstić information content (AvgIpc) is 3.83. The molecule has 1 atom stereocenters. The van der Waals surface area contributed by atoms with Gasteiger partial charge in [-0.3, -0.25) is 24.0 Å². The summed E-state index contributed by atoms with van der Waals surface area (Å²) in [6, 6.07) is 17.9. The van der Waals surface area contributed by atoms with Crippen LogP contribution in [0.25, 0.3) is 0 Å². The Balaban J connectivity index is 1.27. The van der Waals surface area contributed by atoms with Crippen LogP contribution in [0.1, 0.15) is 61.0 Å². The quantitative estimate of drug-likeness (QED) is 0.235. The topological polar surface area (TPSA) is 120 Å². The largest absolute Gasteiger partial charge is 0.455 e. The van der Waals surface area contributed by atoms with Gasteiger partial charge in [0, 0.05) is 17.1 Å². The second-order valence-electron chi connectivity index (χ2n) is 10.6. The fourth-order valence-electron chi connectivity index (χ4n) is 5.00. The number of hydroxylamine groups is 2. The highest BCUT2D eigenvalue weighted by molar-refractivity contribution is 6.35. The van der Waals surface area contributed by atoms with Gasteiger partial charge in [0.1, 0.15) is 5.75 Å². The van der Waals surface area contributed by atoms with Crippen LogP contribution in [0, 0.1) is 0 Å². The number of imide groups is 1. The van der Waals surface area contributed by atoms with E-state index in [-0.39, 0.29) is 35.5 Å². The Morgan fingerprint density at radius 1 is 1.00 bits per heavy atom. The molecule has 10 nitrogen and oxygen atoms in total. The molecule has 0 saturated heterocycles. The first-order chi connectivity index (χ1) is 21.2. The standard InChI is InChI=1S/C32H26Cl2N4O6/c1-37-32(42)28(27(16-35-37)44-23-6-4-5-19(14-23)18-9-10-18)29(39)36-22(13-20-11-12-21(33)15-26(20)34)17-43-38-30(40)24-7-2-3-8-25(24)31(38)41/h2-8,11-12,14-16,18,22H,9-10,13,17H2,1H3,(H,36,39). The second-order valence-corrected chi connectivity index (χ2v) is 11.5. The molecular formula is C32H26Cl2N4O6. The van der Waals surface area contributed by atoms with Crippen LogP contribution in [0.4, 0.5) is 0 Å². The summed E-state index contributed by atoms with van der Waals surface area (Å²) in [5.74, 6) is -1.08. The van der Waals surface area contributed by atoms with E-state index in [2.05, 4.69) is 10.4 Å². The molecule has 1 saturated carbocycles. The maximum Gasteiger partial charge on any atom is 0.285 e. The summed E-state index contributed by atoms with van der Waals surface area (Å²) in [6.07, 6.45) is 3.63. The third-order valence-electron chi connectivity index (χ3n) is 7.44. The minimum Gasteiger partial charge on any atom is -0.455 e. The lowest BCUT2D eigenvalue weighted by atomic mass is 10.1. The van der Waals surface area contributed by atoms with E-state index >= 15 is 0 Å². The third kappa shape index (κ3) is 6.10. The molecule has 1 aliphatic heterocycles. The number of benzene rings is 3. The fraction of sp³-hybridized carbons (Fsp3) is 0.219. The predicted octanol–water partition coefficient (Wildman–Crippen LogP) is 5.33. The highest BCUT2D eigenvalue weighted by Crippen LogP contribution is 2.41. The van der Waals surface area contributed by atoms with Gasteiger partial charge >= 0.3 is 0 Å². The normalized spacial score (nSPS) is 14.8. The Morgan fingerprint density at radius 3 is 2.41 bits per heavy atom. The van der Waals surface area contributed by atoms with E-state index < -0.39 is 29.3 Å². The molecule has 12 heteroatoms. The Bertz CT molecular complexity index is 1820. The van der Waals surface area contributed by atoms with Crippen molar-refractivity contribution >= 4 is 40.9 Å². The van der Waals surface area contributed by atoms with Crippen molar-refractivity contribution in [1.29, 1.82) is 0 Å². The van der Waals surface area contributed by atoms with E-state index in [1.165, 1.54) is 25.4 Å². The summed E-state index contributed by atoms with van der Waals surface area (Å²) in [7, 11) is 1.42. The van der Waals surface area contributed by atoms with Crippen molar-refractivity contribution in [3.05, 3.63) is 121 Å². The van der Waals surface area contributed by atoms with Crippen molar-refractivity contribution in [1.82, 2.24) is 20.2 Å². The van der Waals surface area contributed by atoms with Gasteiger partial charge in [0.15, 0.2) is 11.3 Å². The number of carbonyl (C=O) groups is 3. The maximum absolute atomic E-state index is 13.8. The molecule has 2 heterocycles. The smallest absolute Gasteiger partial charge is 0.285 e. The van der Waals surface area contributed by atoms with E-state index in [1.54, 1.807) is 36.4 Å². The summed E-state index contributed by atoms with van der Waals surface area (Å²) in [6.45, 7) is -0.304.